The summed E-state index contributed by atoms with van der Waals surface area (Å²) in [6.45, 7) is 6.95. The lowest BCUT2D eigenvalue weighted by molar-refractivity contribution is -0.120. The van der Waals surface area contributed by atoms with Crippen LogP contribution in [-0.4, -0.2) is 19.6 Å². The molecule has 0 aliphatic heterocycles. The van der Waals surface area contributed by atoms with E-state index < -0.39 is 0 Å². The largest absolute Gasteiger partial charge is 0.497 e. The third-order valence-corrected chi connectivity index (χ3v) is 5.63. The number of amides is 1. The summed E-state index contributed by atoms with van der Waals surface area (Å²) < 4.78 is 5.42. The van der Waals surface area contributed by atoms with Crippen molar-refractivity contribution < 1.29 is 9.53 Å². The first-order chi connectivity index (χ1) is 13.5. The number of rotatable bonds is 6. The van der Waals surface area contributed by atoms with E-state index in [0.717, 1.165) is 36.3 Å². The minimum absolute atomic E-state index is 0.117. The summed E-state index contributed by atoms with van der Waals surface area (Å²) in [7, 11) is 1.68. The maximum absolute atomic E-state index is 13.6. The van der Waals surface area contributed by atoms with E-state index >= 15 is 0 Å². The van der Waals surface area contributed by atoms with Crippen molar-refractivity contribution in [3.8, 4) is 5.75 Å². The molecule has 1 aliphatic rings. The number of hydrogen-bond acceptors (Lipinski definition) is 2. The predicted molar refractivity (Wildman–Crippen MR) is 116 cm³/mol. The molecule has 0 radical (unpaired) electrons. The van der Waals surface area contributed by atoms with Crippen molar-refractivity contribution in [2.24, 2.45) is 0 Å². The number of fused-ring (bicyclic) bond motifs is 1. The van der Waals surface area contributed by atoms with Crippen LogP contribution >= 0.6 is 0 Å². The Morgan fingerprint density at radius 2 is 1.96 bits per heavy atom. The van der Waals surface area contributed by atoms with E-state index in [1.165, 1.54) is 11.1 Å². The second kappa shape index (κ2) is 9.09. The van der Waals surface area contributed by atoms with Crippen LogP contribution in [0.25, 0.3) is 0 Å². The normalized spacial score (nSPS) is 16.2. The highest BCUT2D eigenvalue weighted by atomic mass is 16.5. The van der Waals surface area contributed by atoms with Gasteiger partial charge in [0.2, 0.25) is 5.91 Å². The maximum atomic E-state index is 13.6. The van der Waals surface area contributed by atoms with Gasteiger partial charge in [-0.05, 0) is 73.1 Å². The quantitative estimate of drug-likeness (QED) is 0.591. The van der Waals surface area contributed by atoms with Crippen LogP contribution in [0.4, 0.5) is 5.69 Å². The fourth-order valence-corrected chi connectivity index (χ4v) is 3.92. The second-order valence-corrected chi connectivity index (χ2v) is 7.77. The van der Waals surface area contributed by atoms with Crippen LogP contribution in [0.3, 0.4) is 0 Å². The third-order valence-electron chi connectivity index (χ3n) is 5.63. The second-order valence-electron chi connectivity index (χ2n) is 7.77. The molecule has 148 valence electrons. The fraction of sp³-hybridized carbons (Fsp3) is 0.400. The summed E-state index contributed by atoms with van der Waals surface area (Å²) >= 11 is 0. The number of aryl methyl sites for hydroxylation is 1. The molecule has 0 spiro atoms. The van der Waals surface area contributed by atoms with Gasteiger partial charge in [0.25, 0.3) is 0 Å². The van der Waals surface area contributed by atoms with Gasteiger partial charge in [0.1, 0.15) is 5.75 Å². The monoisotopic (exact) mass is 377 g/mol. The molecule has 1 unspecified atom stereocenters. The lowest BCUT2D eigenvalue weighted by atomic mass is 9.81. The molecule has 28 heavy (non-hydrogen) atoms. The minimum atomic E-state index is -0.117. The smallest absolute Gasteiger partial charge is 0.234 e. The first kappa shape index (κ1) is 20.2. The van der Waals surface area contributed by atoms with E-state index in [0.29, 0.717) is 12.5 Å². The summed E-state index contributed by atoms with van der Waals surface area (Å²) in [6.07, 6.45) is 7.00. The molecule has 0 heterocycles. The van der Waals surface area contributed by atoms with Gasteiger partial charge in [0.15, 0.2) is 0 Å². The van der Waals surface area contributed by atoms with Gasteiger partial charge in [0, 0.05) is 12.2 Å². The van der Waals surface area contributed by atoms with Gasteiger partial charge in [0.05, 0.1) is 13.0 Å². The molecular weight excluding hydrogens is 346 g/mol. The molecular formula is C25H31NO2. The average molecular weight is 378 g/mol. The summed E-state index contributed by atoms with van der Waals surface area (Å²) in [5.41, 5.74) is 4.64. The highest BCUT2D eigenvalue weighted by Gasteiger charge is 2.30. The zero-order valence-corrected chi connectivity index (χ0v) is 17.4. The molecule has 0 bridgehead atoms. The number of anilines is 1. The van der Waals surface area contributed by atoms with Gasteiger partial charge in [-0.15, -0.1) is 0 Å². The minimum Gasteiger partial charge on any atom is -0.497 e. The Bertz CT molecular complexity index is 836. The van der Waals surface area contributed by atoms with Gasteiger partial charge in [-0.1, -0.05) is 44.2 Å². The van der Waals surface area contributed by atoms with E-state index in [-0.39, 0.29) is 11.8 Å². The third kappa shape index (κ3) is 4.30. The molecule has 0 saturated carbocycles. The van der Waals surface area contributed by atoms with Crippen molar-refractivity contribution in [1.29, 1.82) is 0 Å². The molecule has 1 aliphatic carbocycles. The van der Waals surface area contributed by atoms with Crippen LogP contribution in [0.1, 0.15) is 62.1 Å². The Hall–Kier alpha value is -2.55. The molecule has 0 N–H and O–H groups in total. The lowest BCUT2D eigenvalue weighted by Crippen LogP contribution is -2.36. The number of hydrogen-bond donors (Lipinski definition) is 0. The number of ether oxygens (including phenoxy) is 1. The number of carbonyl (C=O) groups is 1. The topological polar surface area (TPSA) is 29.5 Å². The zero-order chi connectivity index (χ0) is 20.1. The van der Waals surface area contributed by atoms with Gasteiger partial charge in [-0.2, -0.15) is 0 Å². The van der Waals surface area contributed by atoms with E-state index in [2.05, 4.69) is 44.2 Å². The molecule has 1 atom stereocenters. The number of allylic oxidation sites excluding steroid dienone is 1. The van der Waals surface area contributed by atoms with Crippen LogP contribution in [-0.2, 0) is 11.2 Å². The molecule has 3 heteroatoms. The number of carbonyl (C=O) groups excluding carboxylic acids is 1. The van der Waals surface area contributed by atoms with Crippen molar-refractivity contribution in [2.75, 3.05) is 18.6 Å². The molecule has 0 aromatic heterocycles. The maximum Gasteiger partial charge on any atom is 0.234 e. The van der Waals surface area contributed by atoms with Gasteiger partial charge >= 0.3 is 0 Å². The SMILES string of the molecule is C/C=C/CN(C(=O)C1CCCc2ccc(OC)cc21)c1ccc(C(C)C)cc1. The van der Waals surface area contributed by atoms with Crippen molar-refractivity contribution in [2.45, 2.75) is 51.9 Å². The van der Waals surface area contributed by atoms with Crippen LogP contribution in [0.2, 0.25) is 0 Å². The Balaban J connectivity index is 1.94. The number of benzene rings is 2. The summed E-state index contributed by atoms with van der Waals surface area (Å²) in [5, 5.41) is 0. The standard InChI is InChI=1S/C25H31NO2/c1-5-6-16-26(21-13-10-19(11-14-21)18(2)3)25(27)23-9-7-8-20-12-15-22(28-4)17-24(20)23/h5-6,10-15,17-18,23H,7-9,16H2,1-4H3/b6-5+. The first-order valence-corrected chi connectivity index (χ1v) is 10.2. The highest BCUT2D eigenvalue weighted by Crippen LogP contribution is 2.36. The fourth-order valence-electron chi connectivity index (χ4n) is 3.92. The Morgan fingerprint density at radius 3 is 2.61 bits per heavy atom. The molecule has 3 rings (SSSR count). The lowest BCUT2D eigenvalue weighted by Gasteiger charge is -2.31. The van der Waals surface area contributed by atoms with E-state index in [1.807, 2.05) is 36.1 Å². The average Bonchev–Trinajstić information content (AvgIpc) is 2.73. The van der Waals surface area contributed by atoms with Gasteiger partial charge < -0.3 is 9.64 Å². The summed E-state index contributed by atoms with van der Waals surface area (Å²) in [6, 6.07) is 14.6. The van der Waals surface area contributed by atoms with Crippen molar-refractivity contribution >= 4 is 11.6 Å². The van der Waals surface area contributed by atoms with Crippen LogP contribution in [0.15, 0.2) is 54.6 Å². The van der Waals surface area contributed by atoms with Gasteiger partial charge in [-0.3, -0.25) is 4.79 Å². The molecule has 0 fully saturated rings. The molecule has 2 aromatic rings. The molecule has 1 amide bonds. The van der Waals surface area contributed by atoms with Crippen LogP contribution in [0, 0.1) is 0 Å². The highest BCUT2D eigenvalue weighted by molar-refractivity contribution is 5.98. The Kier molecular flexibility index (Phi) is 6.56. The Morgan fingerprint density at radius 1 is 1.21 bits per heavy atom. The summed E-state index contributed by atoms with van der Waals surface area (Å²) in [4.78, 5) is 15.6. The zero-order valence-electron chi connectivity index (χ0n) is 17.4. The Labute approximate surface area is 169 Å². The van der Waals surface area contributed by atoms with Crippen molar-refractivity contribution in [3.63, 3.8) is 0 Å². The molecule has 2 aromatic carbocycles. The number of methoxy groups -OCH3 is 1. The van der Waals surface area contributed by atoms with Crippen molar-refractivity contribution in [3.05, 3.63) is 71.3 Å². The van der Waals surface area contributed by atoms with E-state index in [9.17, 15) is 4.79 Å². The predicted octanol–water partition coefficient (Wildman–Crippen LogP) is 5.85. The van der Waals surface area contributed by atoms with Gasteiger partial charge in [-0.25, -0.2) is 0 Å². The first-order valence-electron chi connectivity index (χ1n) is 10.2. The van der Waals surface area contributed by atoms with Crippen LogP contribution in [0.5, 0.6) is 5.75 Å². The van der Waals surface area contributed by atoms with Crippen LogP contribution < -0.4 is 9.64 Å². The molecule has 3 nitrogen and oxygen atoms in total. The summed E-state index contributed by atoms with van der Waals surface area (Å²) in [5.74, 6) is 1.35. The number of nitrogens with zero attached hydrogens (tertiary/aromatic N) is 1. The van der Waals surface area contributed by atoms with E-state index in [1.54, 1.807) is 7.11 Å². The van der Waals surface area contributed by atoms with Crippen molar-refractivity contribution in [1.82, 2.24) is 0 Å². The van der Waals surface area contributed by atoms with E-state index in [4.69, 9.17) is 4.74 Å². The molecule has 0 saturated heterocycles.